The number of H-pyrrole nitrogens is 1. The Morgan fingerprint density at radius 1 is 1.16 bits per heavy atom. The first kappa shape index (κ1) is 20.6. The average Bonchev–Trinajstić information content (AvgIpc) is 3.26. The van der Waals surface area contributed by atoms with Crippen molar-refractivity contribution in [3.63, 3.8) is 0 Å². The van der Waals surface area contributed by atoms with Crippen molar-refractivity contribution < 1.29 is 18.7 Å². The zero-order chi connectivity index (χ0) is 22.7. The molecule has 0 saturated heterocycles. The van der Waals surface area contributed by atoms with Crippen molar-refractivity contribution in [3.05, 3.63) is 83.9 Å². The molecule has 0 bridgehead atoms. The van der Waals surface area contributed by atoms with E-state index in [1.807, 2.05) is 6.07 Å². The Morgan fingerprint density at radius 2 is 1.97 bits per heavy atom. The van der Waals surface area contributed by atoms with Gasteiger partial charge in [0.05, 0.1) is 16.6 Å². The van der Waals surface area contributed by atoms with Crippen molar-refractivity contribution in [3.8, 4) is 17.6 Å². The van der Waals surface area contributed by atoms with Gasteiger partial charge in [-0.25, -0.2) is 9.37 Å². The van der Waals surface area contributed by atoms with E-state index in [9.17, 15) is 19.2 Å². The van der Waals surface area contributed by atoms with Gasteiger partial charge in [-0.2, -0.15) is 5.26 Å². The van der Waals surface area contributed by atoms with Crippen LogP contribution in [-0.4, -0.2) is 21.8 Å². The van der Waals surface area contributed by atoms with E-state index in [-0.39, 0.29) is 22.6 Å². The normalized spacial score (nSPS) is 11.5. The third-order valence-corrected chi connectivity index (χ3v) is 4.78. The molecular weight excluding hydrogens is 413 g/mol. The van der Waals surface area contributed by atoms with E-state index in [1.54, 1.807) is 30.5 Å². The summed E-state index contributed by atoms with van der Waals surface area (Å²) in [5.41, 5.74) is 6.50. The van der Waals surface area contributed by atoms with Crippen molar-refractivity contribution in [2.75, 3.05) is 5.32 Å². The Morgan fingerprint density at radius 3 is 2.72 bits per heavy atom. The van der Waals surface area contributed by atoms with E-state index in [4.69, 9.17) is 10.5 Å². The second-order valence-electron chi connectivity index (χ2n) is 6.82. The highest BCUT2D eigenvalue weighted by Gasteiger charge is 2.28. The lowest BCUT2D eigenvalue weighted by Crippen LogP contribution is -2.32. The summed E-state index contributed by atoms with van der Waals surface area (Å²) >= 11 is 0. The van der Waals surface area contributed by atoms with Crippen LogP contribution in [0.4, 0.5) is 10.1 Å². The summed E-state index contributed by atoms with van der Waals surface area (Å²) in [4.78, 5) is 31.8. The lowest BCUT2D eigenvalue weighted by molar-refractivity contribution is -0.127. The molecule has 2 amide bonds. The number of halogens is 1. The molecule has 4 aromatic rings. The van der Waals surface area contributed by atoms with E-state index in [1.165, 1.54) is 30.5 Å². The van der Waals surface area contributed by atoms with Crippen molar-refractivity contribution >= 4 is 28.5 Å². The molecule has 1 unspecified atom stereocenters. The highest BCUT2D eigenvalue weighted by molar-refractivity contribution is 6.11. The summed E-state index contributed by atoms with van der Waals surface area (Å²) in [6.07, 6.45) is 3.21. The summed E-state index contributed by atoms with van der Waals surface area (Å²) in [5, 5.41) is 12.3. The number of carbonyl (C=O) groups excluding carboxylic acids is 2. The number of carbonyl (C=O) groups is 2. The SMILES string of the molecule is N#Cc1ccccc1NC(=O)C(C(N)=O)c1ccc(Oc2ccnc3[nH]ccc23)c(F)c1. The Bertz CT molecular complexity index is 1380. The number of aromatic amines is 1. The van der Waals surface area contributed by atoms with Crippen molar-refractivity contribution in [2.45, 2.75) is 5.92 Å². The second kappa shape index (κ2) is 8.57. The number of aromatic nitrogens is 2. The fraction of sp³-hybridized carbons (Fsp3) is 0.0435. The van der Waals surface area contributed by atoms with Crippen LogP contribution in [0.2, 0.25) is 0 Å². The number of benzene rings is 2. The molecule has 8 nitrogen and oxygen atoms in total. The fourth-order valence-electron chi connectivity index (χ4n) is 3.26. The molecule has 2 aromatic heterocycles. The lowest BCUT2D eigenvalue weighted by atomic mass is 9.96. The highest BCUT2D eigenvalue weighted by Crippen LogP contribution is 2.31. The zero-order valence-electron chi connectivity index (χ0n) is 16.5. The number of fused-ring (bicyclic) bond motifs is 1. The predicted octanol–water partition coefficient (Wildman–Crippen LogP) is 3.57. The van der Waals surface area contributed by atoms with Crippen LogP contribution < -0.4 is 15.8 Å². The van der Waals surface area contributed by atoms with E-state index < -0.39 is 23.5 Å². The molecule has 1 atom stereocenters. The fourth-order valence-corrected chi connectivity index (χ4v) is 3.26. The summed E-state index contributed by atoms with van der Waals surface area (Å²) in [6, 6.07) is 15.3. The molecule has 0 aliphatic carbocycles. The number of nitrogens with one attached hydrogen (secondary N) is 2. The summed E-state index contributed by atoms with van der Waals surface area (Å²) in [7, 11) is 0. The van der Waals surface area contributed by atoms with Gasteiger partial charge in [-0.1, -0.05) is 18.2 Å². The van der Waals surface area contributed by atoms with Gasteiger partial charge in [-0.05, 0) is 42.0 Å². The average molecular weight is 429 g/mol. The number of nitriles is 1. The largest absolute Gasteiger partial charge is 0.453 e. The topological polar surface area (TPSA) is 134 Å². The molecule has 4 rings (SSSR count). The minimum atomic E-state index is -1.47. The van der Waals surface area contributed by atoms with Crippen LogP contribution in [0.25, 0.3) is 11.0 Å². The zero-order valence-corrected chi connectivity index (χ0v) is 16.5. The number of nitrogens with zero attached hydrogens (tertiary/aromatic N) is 2. The van der Waals surface area contributed by atoms with E-state index in [0.717, 1.165) is 6.07 Å². The van der Waals surface area contributed by atoms with Crippen molar-refractivity contribution in [1.29, 1.82) is 5.26 Å². The molecule has 0 radical (unpaired) electrons. The van der Waals surface area contributed by atoms with Gasteiger partial charge >= 0.3 is 0 Å². The summed E-state index contributed by atoms with van der Waals surface area (Å²) < 4.78 is 20.5. The van der Waals surface area contributed by atoms with Gasteiger partial charge in [0.25, 0.3) is 0 Å². The predicted molar refractivity (Wildman–Crippen MR) is 114 cm³/mol. The first-order valence-corrected chi connectivity index (χ1v) is 9.46. The maximum Gasteiger partial charge on any atom is 0.241 e. The molecule has 2 heterocycles. The van der Waals surface area contributed by atoms with E-state index in [0.29, 0.717) is 16.8 Å². The smallest absolute Gasteiger partial charge is 0.241 e. The third-order valence-electron chi connectivity index (χ3n) is 4.78. The number of para-hydroxylation sites is 1. The summed E-state index contributed by atoms with van der Waals surface area (Å²) in [6.45, 7) is 0. The third kappa shape index (κ3) is 3.97. The van der Waals surface area contributed by atoms with Crippen LogP contribution in [0, 0.1) is 17.1 Å². The first-order valence-electron chi connectivity index (χ1n) is 9.46. The Labute approximate surface area is 181 Å². The number of rotatable bonds is 6. The minimum Gasteiger partial charge on any atom is -0.453 e. The van der Waals surface area contributed by atoms with Crippen LogP contribution >= 0.6 is 0 Å². The Hall–Kier alpha value is -4.71. The van der Waals surface area contributed by atoms with Gasteiger partial charge in [0.1, 0.15) is 23.4 Å². The number of hydrogen-bond donors (Lipinski definition) is 3. The van der Waals surface area contributed by atoms with Gasteiger partial charge in [0.2, 0.25) is 11.8 Å². The van der Waals surface area contributed by atoms with E-state index in [2.05, 4.69) is 15.3 Å². The van der Waals surface area contributed by atoms with Gasteiger partial charge in [-0.3, -0.25) is 9.59 Å². The molecule has 0 spiro atoms. The molecule has 9 heteroatoms. The number of hydrogen-bond acceptors (Lipinski definition) is 5. The molecule has 32 heavy (non-hydrogen) atoms. The number of pyridine rings is 1. The molecule has 2 aromatic carbocycles. The number of ether oxygens (including phenoxy) is 1. The minimum absolute atomic E-state index is 0.0517. The standard InChI is InChI=1S/C23H16FN5O3/c24-16-11-13(5-6-19(16)32-18-8-10-28-22-15(18)7-9-27-22)20(21(26)30)23(31)29-17-4-2-1-3-14(17)12-25/h1-11,20H,(H2,26,30)(H,27,28)(H,29,31). The quantitative estimate of drug-likeness (QED) is 0.403. The van der Waals surface area contributed by atoms with Crippen molar-refractivity contribution in [2.24, 2.45) is 5.73 Å². The molecule has 4 N–H and O–H groups in total. The number of nitrogens with two attached hydrogens (primary N) is 1. The van der Waals surface area contributed by atoms with Crippen LogP contribution in [0.3, 0.4) is 0 Å². The van der Waals surface area contributed by atoms with Gasteiger partial charge in [0, 0.05) is 12.4 Å². The monoisotopic (exact) mass is 429 g/mol. The second-order valence-corrected chi connectivity index (χ2v) is 6.82. The Balaban J connectivity index is 1.60. The van der Waals surface area contributed by atoms with Gasteiger partial charge in [0.15, 0.2) is 11.6 Å². The summed E-state index contributed by atoms with van der Waals surface area (Å²) in [5.74, 6) is -3.70. The van der Waals surface area contributed by atoms with E-state index >= 15 is 0 Å². The molecule has 0 aliphatic rings. The maximum absolute atomic E-state index is 14.8. The number of primary amides is 1. The maximum atomic E-state index is 14.8. The van der Waals surface area contributed by atoms with Crippen LogP contribution in [0.15, 0.2) is 67.0 Å². The van der Waals surface area contributed by atoms with Gasteiger partial charge < -0.3 is 20.8 Å². The molecular formula is C23H16FN5O3. The lowest BCUT2D eigenvalue weighted by Gasteiger charge is -2.16. The molecule has 158 valence electrons. The van der Waals surface area contributed by atoms with Crippen LogP contribution in [-0.2, 0) is 9.59 Å². The number of anilines is 1. The number of amides is 2. The first-order chi connectivity index (χ1) is 15.5. The van der Waals surface area contributed by atoms with Crippen LogP contribution in [0.5, 0.6) is 11.5 Å². The van der Waals surface area contributed by atoms with Gasteiger partial charge in [-0.15, -0.1) is 0 Å². The molecule has 0 fully saturated rings. The molecule has 0 aliphatic heterocycles. The highest BCUT2D eigenvalue weighted by atomic mass is 19.1. The Kier molecular flexibility index (Phi) is 5.51. The molecule has 0 saturated carbocycles. The van der Waals surface area contributed by atoms with Crippen molar-refractivity contribution in [1.82, 2.24) is 9.97 Å². The van der Waals surface area contributed by atoms with Crippen LogP contribution in [0.1, 0.15) is 17.0 Å².